The van der Waals surface area contributed by atoms with Crippen LogP contribution in [0.2, 0.25) is 0 Å². The molecule has 1 aliphatic rings. The van der Waals surface area contributed by atoms with Crippen molar-refractivity contribution in [2.75, 3.05) is 13.2 Å². The van der Waals surface area contributed by atoms with Crippen LogP contribution >= 0.6 is 0 Å². The van der Waals surface area contributed by atoms with Crippen LogP contribution in [0.15, 0.2) is 121 Å². The Balaban J connectivity index is 1.63. The molecule has 4 aromatic carbocycles. The first-order valence-electron chi connectivity index (χ1n) is 12.9. The summed E-state index contributed by atoms with van der Waals surface area (Å²) in [5.74, 6) is -1.09. The van der Waals surface area contributed by atoms with Gasteiger partial charge in [0.2, 0.25) is 0 Å². The minimum Gasteiger partial charge on any atom is -0.393 e. The fourth-order valence-corrected chi connectivity index (χ4v) is 5.65. The summed E-state index contributed by atoms with van der Waals surface area (Å²) in [7, 11) is 0. The van der Waals surface area contributed by atoms with Gasteiger partial charge in [0.05, 0.1) is 13.2 Å². The first-order valence-corrected chi connectivity index (χ1v) is 12.9. The maximum absolute atomic E-state index is 11.1. The van der Waals surface area contributed by atoms with E-state index in [1.807, 2.05) is 97.1 Å². The molecule has 1 heterocycles. The van der Waals surface area contributed by atoms with Crippen LogP contribution in [0.4, 0.5) is 0 Å². The molecule has 4 nitrogen and oxygen atoms in total. The van der Waals surface area contributed by atoms with Crippen molar-refractivity contribution in [2.24, 2.45) is 0 Å². The molecule has 4 aromatic rings. The lowest BCUT2D eigenvalue weighted by Gasteiger charge is -2.40. The molecule has 190 valence electrons. The second-order valence-corrected chi connectivity index (χ2v) is 10.1. The Bertz CT molecular complexity index is 1150. The zero-order chi connectivity index (χ0) is 25.6. The normalized spacial score (nSPS) is 22.6. The number of ether oxygens (including phenoxy) is 2. The van der Waals surface area contributed by atoms with E-state index in [1.165, 1.54) is 0 Å². The Morgan fingerprint density at radius 1 is 0.405 bits per heavy atom. The molecule has 0 saturated carbocycles. The first kappa shape index (κ1) is 25.4. The number of hydrogen-bond acceptors (Lipinski definition) is 4. The van der Waals surface area contributed by atoms with E-state index in [0.717, 1.165) is 22.3 Å². The Hall–Kier alpha value is -3.28. The molecule has 0 spiro atoms. The molecular formula is C33H34O4. The lowest BCUT2D eigenvalue weighted by molar-refractivity contribution is -0.200. The largest absolute Gasteiger partial charge is 0.393 e. The monoisotopic (exact) mass is 494 g/mol. The second-order valence-electron chi connectivity index (χ2n) is 10.1. The van der Waals surface area contributed by atoms with E-state index in [-0.39, 0.29) is 13.2 Å². The van der Waals surface area contributed by atoms with Crippen LogP contribution in [0, 0.1) is 0 Å². The Kier molecular flexibility index (Phi) is 7.54. The van der Waals surface area contributed by atoms with Crippen LogP contribution in [0.25, 0.3) is 0 Å². The van der Waals surface area contributed by atoms with E-state index in [2.05, 4.69) is 24.3 Å². The van der Waals surface area contributed by atoms with Crippen molar-refractivity contribution < 1.29 is 19.7 Å². The second kappa shape index (κ2) is 11.0. The zero-order valence-corrected chi connectivity index (χ0v) is 21.0. The molecule has 0 aromatic heterocycles. The van der Waals surface area contributed by atoms with Crippen molar-refractivity contribution in [3.05, 3.63) is 144 Å². The third-order valence-corrected chi connectivity index (χ3v) is 7.40. The molecule has 2 N–H and O–H groups in total. The predicted octanol–water partition coefficient (Wildman–Crippen LogP) is 5.16. The summed E-state index contributed by atoms with van der Waals surface area (Å²) in [6.45, 7) is -0.582. The summed E-state index contributed by atoms with van der Waals surface area (Å²) < 4.78 is 14.1. The zero-order valence-electron chi connectivity index (χ0n) is 21.0. The molecule has 0 radical (unpaired) electrons. The van der Waals surface area contributed by atoms with Gasteiger partial charge in [-0.05, 0) is 22.3 Å². The van der Waals surface area contributed by atoms with Crippen molar-refractivity contribution in [2.45, 2.75) is 42.7 Å². The summed E-state index contributed by atoms with van der Waals surface area (Å²) in [6.07, 6.45) is 1.78. The Morgan fingerprint density at radius 3 is 0.946 bits per heavy atom. The average Bonchev–Trinajstić information content (AvgIpc) is 3.19. The van der Waals surface area contributed by atoms with Gasteiger partial charge < -0.3 is 19.7 Å². The van der Waals surface area contributed by atoms with Crippen molar-refractivity contribution in [1.82, 2.24) is 0 Å². The molecule has 37 heavy (non-hydrogen) atoms. The number of aliphatic hydroxyl groups excluding tert-OH is 2. The van der Waals surface area contributed by atoms with Gasteiger partial charge in [-0.3, -0.25) is 0 Å². The van der Waals surface area contributed by atoms with Gasteiger partial charge in [-0.15, -0.1) is 0 Å². The smallest absolute Gasteiger partial charge is 0.178 e. The molecule has 1 fully saturated rings. The fourth-order valence-electron chi connectivity index (χ4n) is 5.65. The number of hydrogen-bond donors (Lipinski definition) is 2. The van der Waals surface area contributed by atoms with Crippen molar-refractivity contribution in [3.8, 4) is 0 Å². The summed E-state index contributed by atoms with van der Waals surface area (Å²) in [6, 6.07) is 40.2. The molecule has 0 bridgehead atoms. The van der Waals surface area contributed by atoms with Crippen LogP contribution in [-0.2, 0) is 35.2 Å². The van der Waals surface area contributed by atoms with Gasteiger partial charge >= 0.3 is 0 Å². The summed E-state index contributed by atoms with van der Waals surface area (Å²) >= 11 is 0. The highest BCUT2D eigenvalue weighted by Crippen LogP contribution is 2.50. The van der Waals surface area contributed by atoms with Crippen LogP contribution in [0.5, 0.6) is 0 Å². The van der Waals surface area contributed by atoms with Gasteiger partial charge in [0.15, 0.2) is 5.79 Å². The van der Waals surface area contributed by atoms with Gasteiger partial charge in [0.25, 0.3) is 0 Å². The Labute approximate surface area is 219 Å². The molecule has 1 saturated heterocycles. The van der Waals surface area contributed by atoms with Crippen LogP contribution in [0.3, 0.4) is 0 Å². The van der Waals surface area contributed by atoms with E-state index >= 15 is 0 Å². The van der Waals surface area contributed by atoms with Crippen molar-refractivity contribution in [1.29, 1.82) is 0 Å². The van der Waals surface area contributed by atoms with E-state index in [4.69, 9.17) is 9.47 Å². The maximum atomic E-state index is 11.1. The number of benzene rings is 4. The molecule has 5 rings (SSSR count). The van der Waals surface area contributed by atoms with Crippen molar-refractivity contribution >= 4 is 0 Å². The van der Waals surface area contributed by atoms with Crippen molar-refractivity contribution in [3.63, 3.8) is 0 Å². The molecule has 2 unspecified atom stereocenters. The quantitative estimate of drug-likeness (QED) is 0.320. The van der Waals surface area contributed by atoms with Gasteiger partial charge in [-0.2, -0.15) is 0 Å². The predicted molar refractivity (Wildman–Crippen MR) is 145 cm³/mol. The summed E-state index contributed by atoms with van der Waals surface area (Å²) in [5.41, 5.74) is 1.84. The van der Waals surface area contributed by atoms with Gasteiger partial charge in [-0.25, -0.2) is 0 Å². The van der Waals surface area contributed by atoms with Crippen LogP contribution in [-0.4, -0.2) is 40.4 Å². The summed E-state index contributed by atoms with van der Waals surface area (Å²) in [5, 5.41) is 22.1. The first-order chi connectivity index (χ1) is 18.1. The van der Waals surface area contributed by atoms with E-state index in [9.17, 15) is 10.2 Å². The Morgan fingerprint density at radius 2 is 0.676 bits per heavy atom. The maximum Gasteiger partial charge on any atom is 0.178 e. The lowest BCUT2D eigenvalue weighted by Crippen LogP contribution is -2.59. The standard InChI is InChI=1S/C33H34O4/c34-25-31(21-27-13-5-1-6-14-27)32(26-35,22-28-15-7-2-8-16-28)37-33(36-31,23-29-17-9-3-10-18-29)24-30-19-11-4-12-20-30/h1-20,34-35H,21-26H2. The number of aliphatic hydroxyl groups is 2. The van der Waals surface area contributed by atoms with E-state index in [0.29, 0.717) is 25.7 Å². The van der Waals surface area contributed by atoms with Gasteiger partial charge in [-0.1, -0.05) is 121 Å². The minimum atomic E-state index is -1.16. The highest BCUT2D eigenvalue weighted by molar-refractivity contribution is 5.29. The lowest BCUT2D eigenvalue weighted by atomic mass is 9.75. The third-order valence-electron chi connectivity index (χ3n) is 7.40. The van der Waals surface area contributed by atoms with Gasteiger partial charge in [0.1, 0.15) is 11.2 Å². The topological polar surface area (TPSA) is 58.9 Å². The summed E-state index contributed by atoms with van der Waals surface area (Å²) in [4.78, 5) is 0. The van der Waals surface area contributed by atoms with E-state index < -0.39 is 17.0 Å². The highest BCUT2D eigenvalue weighted by Gasteiger charge is 2.65. The molecule has 4 heteroatoms. The third kappa shape index (κ3) is 5.39. The highest BCUT2D eigenvalue weighted by atomic mass is 16.8. The molecule has 0 amide bonds. The van der Waals surface area contributed by atoms with E-state index in [1.54, 1.807) is 0 Å². The van der Waals surface area contributed by atoms with Crippen LogP contribution < -0.4 is 0 Å². The van der Waals surface area contributed by atoms with Crippen LogP contribution in [0.1, 0.15) is 22.3 Å². The molecule has 2 atom stereocenters. The average molecular weight is 495 g/mol. The molecule has 1 aliphatic heterocycles. The fraction of sp³-hybridized carbons (Fsp3) is 0.273. The molecular weight excluding hydrogens is 460 g/mol. The minimum absolute atomic E-state index is 0.291. The van der Waals surface area contributed by atoms with Gasteiger partial charge in [0, 0.05) is 25.7 Å². The molecule has 0 aliphatic carbocycles. The number of rotatable bonds is 10. The SMILES string of the molecule is OCC1(Cc2ccccc2)OC(Cc2ccccc2)(Cc2ccccc2)OC1(CO)Cc1ccccc1.